The van der Waals surface area contributed by atoms with E-state index in [1.807, 2.05) is 36.4 Å². The summed E-state index contributed by atoms with van der Waals surface area (Å²) in [7, 11) is 0. The molecule has 47 heavy (non-hydrogen) atoms. The van der Waals surface area contributed by atoms with Crippen LogP contribution in [0.3, 0.4) is 0 Å². The molecule has 10 rings (SSSR count). The van der Waals surface area contributed by atoms with Gasteiger partial charge in [-0.25, -0.2) is 9.97 Å². The topological polar surface area (TPSA) is 43.9 Å². The number of aromatic nitrogens is 3. The molecule has 0 saturated heterocycles. The molecule has 222 valence electrons. The van der Waals surface area contributed by atoms with Gasteiger partial charge in [-0.05, 0) is 46.5 Å². The van der Waals surface area contributed by atoms with Crippen molar-refractivity contribution in [3.8, 4) is 39.6 Å². The molecule has 4 heteroatoms. The number of furan rings is 1. The smallest absolute Gasteiger partial charge is 0.162 e. The van der Waals surface area contributed by atoms with Crippen LogP contribution in [-0.2, 0) is 5.41 Å². The summed E-state index contributed by atoms with van der Waals surface area (Å²) in [6.07, 6.45) is 0. The third-order valence-electron chi connectivity index (χ3n) is 10.0. The molecule has 0 saturated carbocycles. The lowest BCUT2D eigenvalue weighted by atomic mass is 9.82. The Balaban J connectivity index is 1.38. The number of rotatable bonds is 3. The van der Waals surface area contributed by atoms with Gasteiger partial charge in [-0.1, -0.05) is 123 Å². The predicted octanol–water partition coefficient (Wildman–Crippen LogP) is 11.1. The molecule has 0 bridgehead atoms. The minimum absolute atomic E-state index is 0.117. The first-order valence-electron chi connectivity index (χ1n) is 16.1. The first kappa shape index (κ1) is 26.2. The molecule has 4 nitrogen and oxygen atoms in total. The quantitative estimate of drug-likeness (QED) is 0.202. The Morgan fingerprint density at radius 2 is 1.26 bits per heavy atom. The molecule has 0 atom stereocenters. The molecule has 0 fully saturated rings. The van der Waals surface area contributed by atoms with Gasteiger partial charge >= 0.3 is 0 Å². The van der Waals surface area contributed by atoms with E-state index in [9.17, 15) is 0 Å². The molecule has 6 aromatic carbocycles. The number of benzene rings is 6. The fourth-order valence-electron chi connectivity index (χ4n) is 7.73. The highest BCUT2D eigenvalue weighted by molar-refractivity contribution is 6.22. The van der Waals surface area contributed by atoms with Gasteiger partial charge in [0.25, 0.3) is 0 Å². The molecule has 3 heterocycles. The molecule has 0 aliphatic heterocycles. The van der Waals surface area contributed by atoms with Gasteiger partial charge < -0.3 is 4.42 Å². The minimum atomic E-state index is -0.117. The van der Waals surface area contributed by atoms with E-state index < -0.39 is 0 Å². The van der Waals surface area contributed by atoms with Crippen LogP contribution in [0.5, 0.6) is 0 Å². The van der Waals surface area contributed by atoms with Gasteiger partial charge in [-0.2, -0.15) is 0 Å². The minimum Gasteiger partial charge on any atom is -0.454 e. The maximum atomic E-state index is 6.72. The van der Waals surface area contributed by atoms with Gasteiger partial charge in [-0.15, -0.1) is 0 Å². The Hall–Kier alpha value is -6.00. The molecule has 1 aliphatic carbocycles. The van der Waals surface area contributed by atoms with E-state index in [2.05, 4.69) is 122 Å². The van der Waals surface area contributed by atoms with Gasteiger partial charge in [0.05, 0.1) is 16.7 Å². The second-order valence-electron chi connectivity index (χ2n) is 13.0. The zero-order valence-electron chi connectivity index (χ0n) is 26.0. The molecule has 9 aromatic rings. The lowest BCUT2D eigenvalue weighted by Crippen LogP contribution is -2.14. The standard InChI is InChI=1S/C43H29N3O/c1-43(2)34-19-11-9-17-28(34)32-24-37-33(23-35(32)43)30-21-22-31-29-18-10-12-20-38(29)47-41(31)40(30)46(37)39-25-36(26-13-5-3-6-14-26)44-42(45-39)27-15-7-4-8-16-27/h3-25H,1-2H3. The molecule has 1 aliphatic rings. The SMILES string of the molecule is CC1(C)c2ccccc2-c2cc3c(cc21)c1ccc2c4ccccc4oc2c1n3-c1cc(-c2ccccc2)nc(-c2ccccc2)n1. The summed E-state index contributed by atoms with van der Waals surface area (Å²) in [4.78, 5) is 10.4. The van der Waals surface area contributed by atoms with Gasteiger partial charge in [0, 0.05) is 44.2 Å². The second kappa shape index (κ2) is 9.51. The largest absolute Gasteiger partial charge is 0.454 e. The van der Waals surface area contributed by atoms with Crippen LogP contribution >= 0.6 is 0 Å². The summed E-state index contributed by atoms with van der Waals surface area (Å²) >= 11 is 0. The van der Waals surface area contributed by atoms with E-state index in [1.165, 1.54) is 27.6 Å². The highest BCUT2D eigenvalue weighted by atomic mass is 16.3. The van der Waals surface area contributed by atoms with Crippen molar-refractivity contribution in [1.29, 1.82) is 0 Å². The number of nitrogens with zero attached hydrogens (tertiary/aromatic N) is 3. The third kappa shape index (κ3) is 3.70. The molecule has 0 radical (unpaired) electrons. The summed E-state index contributed by atoms with van der Waals surface area (Å²) in [5.41, 5.74) is 11.9. The van der Waals surface area contributed by atoms with Crippen LogP contribution in [0.15, 0.2) is 144 Å². The van der Waals surface area contributed by atoms with Crippen molar-refractivity contribution >= 4 is 43.7 Å². The monoisotopic (exact) mass is 603 g/mol. The Morgan fingerprint density at radius 3 is 2.09 bits per heavy atom. The van der Waals surface area contributed by atoms with E-state index in [0.717, 1.165) is 61.0 Å². The van der Waals surface area contributed by atoms with Crippen molar-refractivity contribution in [1.82, 2.24) is 14.5 Å². The number of para-hydroxylation sites is 1. The van der Waals surface area contributed by atoms with E-state index in [1.54, 1.807) is 0 Å². The number of hydrogen-bond acceptors (Lipinski definition) is 3. The molecule has 3 aromatic heterocycles. The normalized spacial score (nSPS) is 13.5. The van der Waals surface area contributed by atoms with E-state index >= 15 is 0 Å². The summed E-state index contributed by atoms with van der Waals surface area (Å²) in [6, 6.07) is 49.1. The first-order chi connectivity index (χ1) is 23.1. The maximum Gasteiger partial charge on any atom is 0.162 e. The van der Waals surface area contributed by atoms with Crippen LogP contribution in [0, 0.1) is 0 Å². The van der Waals surface area contributed by atoms with Crippen molar-refractivity contribution < 1.29 is 4.42 Å². The van der Waals surface area contributed by atoms with Crippen LogP contribution in [0.2, 0.25) is 0 Å². The highest BCUT2D eigenvalue weighted by Gasteiger charge is 2.36. The van der Waals surface area contributed by atoms with Crippen LogP contribution in [-0.4, -0.2) is 14.5 Å². The Labute approximate surface area is 271 Å². The maximum absolute atomic E-state index is 6.72. The molecular formula is C43H29N3O. The average molecular weight is 604 g/mol. The average Bonchev–Trinajstić information content (AvgIpc) is 3.74. The van der Waals surface area contributed by atoms with Crippen LogP contribution < -0.4 is 0 Å². The van der Waals surface area contributed by atoms with Crippen molar-refractivity contribution in [2.24, 2.45) is 0 Å². The third-order valence-corrected chi connectivity index (χ3v) is 10.0. The van der Waals surface area contributed by atoms with Gasteiger partial charge in [0.1, 0.15) is 11.4 Å². The summed E-state index contributed by atoms with van der Waals surface area (Å²) in [6.45, 7) is 4.67. The lowest BCUT2D eigenvalue weighted by molar-refractivity contribution is 0.661. The van der Waals surface area contributed by atoms with E-state index in [-0.39, 0.29) is 5.41 Å². The number of hydrogen-bond donors (Lipinski definition) is 0. The highest BCUT2D eigenvalue weighted by Crippen LogP contribution is 2.51. The van der Waals surface area contributed by atoms with Crippen LogP contribution in [0.1, 0.15) is 25.0 Å². The van der Waals surface area contributed by atoms with E-state index in [4.69, 9.17) is 14.4 Å². The summed E-state index contributed by atoms with van der Waals surface area (Å²) in [5.74, 6) is 1.48. The Kier molecular flexibility index (Phi) is 5.31. The van der Waals surface area contributed by atoms with Crippen LogP contribution in [0.4, 0.5) is 0 Å². The lowest BCUT2D eigenvalue weighted by Gasteiger charge is -2.21. The van der Waals surface area contributed by atoms with Crippen molar-refractivity contribution in [2.45, 2.75) is 19.3 Å². The molecule has 0 amide bonds. The van der Waals surface area contributed by atoms with Gasteiger partial charge in [-0.3, -0.25) is 4.57 Å². The predicted molar refractivity (Wildman–Crippen MR) is 192 cm³/mol. The molecular weight excluding hydrogens is 574 g/mol. The summed E-state index contributed by atoms with van der Waals surface area (Å²) < 4.78 is 9.03. The molecule has 0 N–H and O–H groups in total. The first-order valence-corrected chi connectivity index (χ1v) is 16.1. The Bertz CT molecular complexity index is 2640. The second-order valence-corrected chi connectivity index (χ2v) is 13.0. The van der Waals surface area contributed by atoms with Gasteiger partial charge in [0.2, 0.25) is 0 Å². The summed E-state index contributed by atoms with van der Waals surface area (Å²) in [5, 5.41) is 4.53. The van der Waals surface area contributed by atoms with Crippen molar-refractivity contribution in [2.75, 3.05) is 0 Å². The van der Waals surface area contributed by atoms with Crippen molar-refractivity contribution in [3.63, 3.8) is 0 Å². The van der Waals surface area contributed by atoms with Crippen molar-refractivity contribution in [3.05, 3.63) is 151 Å². The Morgan fingerprint density at radius 1 is 0.553 bits per heavy atom. The van der Waals surface area contributed by atoms with Gasteiger partial charge in [0.15, 0.2) is 11.4 Å². The zero-order chi connectivity index (χ0) is 31.3. The number of fused-ring (bicyclic) bond motifs is 10. The molecule has 0 spiro atoms. The fraction of sp³-hybridized carbons (Fsp3) is 0.0698. The fourth-order valence-corrected chi connectivity index (χ4v) is 7.73. The molecule has 0 unspecified atom stereocenters. The van der Waals surface area contributed by atoms with E-state index in [0.29, 0.717) is 5.82 Å². The van der Waals surface area contributed by atoms with Crippen LogP contribution in [0.25, 0.3) is 83.3 Å². The zero-order valence-corrected chi connectivity index (χ0v) is 26.0.